The van der Waals surface area contributed by atoms with Crippen molar-refractivity contribution in [1.82, 2.24) is 19.4 Å². The fourth-order valence-corrected chi connectivity index (χ4v) is 13.2. The van der Waals surface area contributed by atoms with Gasteiger partial charge in [-0.1, -0.05) is 73.5 Å². The van der Waals surface area contributed by atoms with Gasteiger partial charge in [0.1, 0.15) is 4.90 Å². The van der Waals surface area contributed by atoms with Gasteiger partial charge in [0.25, 0.3) is 25.8 Å². The predicted octanol–water partition coefficient (Wildman–Crippen LogP) is 11.1. The average Bonchev–Trinajstić information content (AvgIpc) is 3.34. The number of allylic oxidation sites excluding steroid dienone is 1. The number of amides is 1. The maximum Gasteiger partial charge on any atom is 0.501 e. The first-order valence-electron chi connectivity index (χ1n) is 24.9. The third-order valence-corrected chi connectivity index (χ3v) is 18.6. The van der Waals surface area contributed by atoms with Crippen LogP contribution >= 0.6 is 23.4 Å². The Bertz CT molecular complexity index is 3020. The second-order valence-corrected chi connectivity index (χ2v) is 26.4. The van der Waals surface area contributed by atoms with E-state index in [0.717, 1.165) is 112 Å². The zero-order valence-corrected chi connectivity index (χ0v) is 45.3. The van der Waals surface area contributed by atoms with Crippen LogP contribution in [-0.2, 0) is 19.9 Å². The highest BCUT2D eigenvalue weighted by Crippen LogP contribution is 2.43. The number of rotatable bonds is 16. The second-order valence-electron chi connectivity index (χ2n) is 21.2. The molecule has 5 aromatic rings. The Hall–Kier alpha value is -4.62. The molecule has 73 heavy (non-hydrogen) atoms. The number of carbonyl (C=O) groups is 1. The van der Waals surface area contributed by atoms with E-state index in [-0.39, 0.29) is 16.5 Å². The highest BCUT2D eigenvalue weighted by atomic mass is 35.5. The monoisotopic (exact) mass is 1080 g/mol. The smallest absolute Gasteiger partial charge is 0.380 e. The Morgan fingerprint density at radius 3 is 2.10 bits per heavy atom. The summed E-state index contributed by atoms with van der Waals surface area (Å²) < 4.78 is 99.4. The van der Waals surface area contributed by atoms with E-state index in [9.17, 15) is 34.8 Å². The van der Waals surface area contributed by atoms with Crippen LogP contribution in [0.5, 0.6) is 0 Å². The molecule has 8 rings (SSSR count). The highest BCUT2D eigenvalue weighted by molar-refractivity contribution is 7.99. The minimum atomic E-state index is -6.09. The Kier molecular flexibility index (Phi) is 16.7. The number of nitrogens with one attached hydrogen (secondary N) is 2. The summed E-state index contributed by atoms with van der Waals surface area (Å²) in [5.74, 6) is -0.659. The number of fused-ring (bicyclic) bond motifs is 1. The molecule has 2 aliphatic heterocycles. The number of carbonyl (C=O) groups excluding carboxylic acids is 1. The topological polar surface area (TPSA) is 122 Å². The SMILES string of the molecule is CC1(C)CCC(c2ccc(Cl)cc2)=C(CN2CCN(c3ccc(C(=O)NS(=O)(=O)c4ccc(NC(CCN5CCN(C(C)(C)C)CC5)CSc5ccc6ccccc6c5)c(S(=O)(=O)C(F)(F)F)c4)cc3)CC2)C1. The summed E-state index contributed by atoms with van der Waals surface area (Å²) in [6.45, 7) is 19.0. The van der Waals surface area contributed by atoms with Crippen LogP contribution in [0.3, 0.4) is 0 Å². The Labute approximate surface area is 438 Å². The molecule has 0 spiro atoms. The van der Waals surface area contributed by atoms with E-state index in [1.165, 1.54) is 40.6 Å². The number of nitrogens with zero attached hydrogens (tertiary/aromatic N) is 4. The maximum atomic E-state index is 14.4. The molecule has 18 heteroatoms. The summed E-state index contributed by atoms with van der Waals surface area (Å²) in [6, 6.07) is 30.4. The molecule has 3 aliphatic rings. The number of piperazine rings is 2. The summed E-state index contributed by atoms with van der Waals surface area (Å²) in [7, 11) is -11.0. The average molecular weight is 1080 g/mol. The standard InChI is InChI=1S/C55H66ClF3N6O5S3/c1-53(2,3)65-32-28-62(29-33-65)25-23-45(38-71-47-19-14-39-8-6-7-9-42(39)34-47)60-50-21-20-48(35-51(50)72(67,68)55(57,58)59)73(69,70)61-52(66)41-12-17-46(18-13-41)64-30-26-63(27-31-64)37-43-36-54(4,5)24-22-49(43)40-10-15-44(56)16-11-40/h6-21,34-35,45,60H,22-33,36-38H2,1-5H3,(H,61,66). The lowest BCUT2D eigenvalue weighted by molar-refractivity contribution is -0.0435. The fraction of sp³-hybridized carbons (Fsp3) is 0.436. The number of sulfone groups is 1. The van der Waals surface area contributed by atoms with Gasteiger partial charge < -0.3 is 15.1 Å². The van der Waals surface area contributed by atoms with Gasteiger partial charge in [-0.15, -0.1) is 11.8 Å². The summed E-state index contributed by atoms with van der Waals surface area (Å²) in [6.07, 6.45) is 3.61. The van der Waals surface area contributed by atoms with Gasteiger partial charge in [-0.3, -0.25) is 14.6 Å². The Morgan fingerprint density at radius 2 is 1.44 bits per heavy atom. The summed E-state index contributed by atoms with van der Waals surface area (Å²) >= 11 is 7.69. The quantitative estimate of drug-likeness (QED) is 0.0919. The summed E-state index contributed by atoms with van der Waals surface area (Å²) in [4.78, 5) is 21.7. The number of alkyl halides is 3. The second kappa shape index (κ2) is 22.3. The molecular weight excluding hydrogens is 1010 g/mol. The van der Waals surface area contributed by atoms with Crippen LogP contribution in [0.1, 0.15) is 76.2 Å². The Balaban J connectivity index is 0.946. The number of benzene rings is 5. The van der Waals surface area contributed by atoms with E-state index in [1.54, 1.807) is 12.1 Å². The third-order valence-electron chi connectivity index (χ3n) is 14.4. The molecule has 5 aromatic carbocycles. The van der Waals surface area contributed by atoms with Crippen LogP contribution in [0.4, 0.5) is 24.5 Å². The van der Waals surface area contributed by atoms with E-state index in [4.69, 9.17) is 11.6 Å². The molecule has 0 bridgehead atoms. The van der Waals surface area contributed by atoms with E-state index in [2.05, 4.69) is 71.7 Å². The van der Waals surface area contributed by atoms with E-state index in [1.807, 2.05) is 59.3 Å². The first-order chi connectivity index (χ1) is 34.4. The molecule has 11 nitrogen and oxygen atoms in total. The van der Waals surface area contributed by atoms with Crippen molar-refractivity contribution >= 4 is 76.9 Å². The Morgan fingerprint density at radius 1 is 0.781 bits per heavy atom. The van der Waals surface area contributed by atoms with Crippen molar-refractivity contribution in [2.24, 2.45) is 5.41 Å². The fourth-order valence-electron chi connectivity index (χ4n) is 10.0. The molecule has 0 radical (unpaired) electrons. The zero-order chi connectivity index (χ0) is 52.3. The molecule has 2 fully saturated rings. The molecule has 1 atom stereocenters. The molecule has 1 unspecified atom stereocenters. The lowest BCUT2D eigenvalue weighted by Crippen LogP contribution is -2.53. The van der Waals surface area contributed by atoms with Crippen molar-refractivity contribution in [3.63, 3.8) is 0 Å². The number of anilines is 2. The van der Waals surface area contributed by atoms with Crippen LogP contribution in [0, 0.1) is 5.41 Å². The number of sulfonamides is 1. The molecular formula is C55H66ClF3N6O5S3. The lowest BCUT2D eigenvalue weighted by Gasteiger charge is -2.42. The van der Waals surface area contributed by atoms with Crippen molar-refractivity contribution in [2.45, 2.75) is 92.1 Å². The van der Waals surface area contributed by atoms with Crippen LogP contribution in [0.2, 0.25) is 5.02 Å². The maximum absolute atomic E-state index is 14.4. The van der Waals surface area contributed by atoms with Crippen LogP contribution in [-0.4, -0.2) is 126 Å². The van der Waals surface area contributed by atoms with Gasteiger partial charge in [-0.05, 0) is 141 Å². The van der Waals surface area contributed by atoms with E-state index >= 15 is 0 Å². The van der Waals surface area contributed by atoms with Crippen molar-refractivity contribution < 1.29 is 34.8 Å². The van der Waals surface area contributed by atoms with E-state index in [0.29, 0.717) is 29.8 Å². The van der Waals surface area contributed by atoms with Gasteiger partial charge in [0, 0.05) is 104 Å². The van der Waals surface area contributed by atoms with Gasteiger partial charge in [0.05, 0.1) is 10.6 Å². The molecule has 1 amide bonds. The molecule has 2 heterocycles. The zero-order valence-electron chi connectivity index (χ0n) is 42.1. The van der Waals surface area contributed by atoms with Crippen LogP contribution < -0.4 is 14.9 Å². The number of thioether (sulfide) groups is 1. The largest absolute Gasteiger partial charge is 0.501 e. The number of halogens is 4. The highest BCUT2D eigenvalue weighted by Gasteiger charge is 2.48. The van der Waals surface area contributed by atoms with Gasteiger partial charge in [-0.25, -0.2) is 21.6 Å². The minimum Gasteiger partial charge on any atom is -0.380 e. The van der Waals surface area contributed by atoms with Crippen molar-refractivity contribution in [1.29, 1.82) is 0 Å². The number of hydrogen-bond donors (Lipinski definition) is 2. The summed E-state index contributed by atoms with van der Waals surface area (Å²) in [5.41, 5.74) is -1.01. The first kappa shape index (κ1) is 54.6. The molecule has 392 valence electrons. The molecule has 2 N–H and O–H groups in total. The van der Waals surface area contributed by atoms with Crippen molar-refractivity contribution in [2.75, 3.05) is 81.4 Å². The van der Waals surface area contributed by atoms with Gasteiger partial charge in [-0.2, -0.15) is 13.2 Å². The van der Waals surface area contributed by atoms with Crippen LogP contribution in [0.15, 0.2) is 129 Å². The van der Waals surface area contributed by atoms with Gasteiger partial charge in [0.15, 0.2) is 0 Å². The van der Waals surface area contributed by atoms with Gasteiger partial charge >= 0.3 is 5.51 Å². The predicted molar refractivity (Wildman–Crippen MR) is 290 cm³/mol. The first-order valence-corrected chi connectivity index (χ1v) is 29.2. The normalized spacial score (nSPS) is 18.2. The van der Waals surface area contributed by atoms with Crippen molar-refractivity contribution in [3.05, 3.63) is 131 Å². The molecule has 2 saturated heterocycles. The molecule has 1 aliphatic carbocycles. The molecule has 0 aromatic heterocycles. The van der Waals surface area contributed by atoms with Crippen LogP contribution in [0.25, 0.3) is 16.3 Å². The summed E-state index contributed by atoms with van der Waals surface area (Å²) in [5, 5.41) is 5.88. The number of hydrogen-bond acceptors (Lipinski definition) is 11. The third kappa shape index (κ3) is 13.6. The van der Waals surface area contributed by atoms with Gasteiger partial charge in [0.2, 0.25) is 0 Å². The van der Waals surface area contributed by atoms with Crippen molar-refractivity contribution in [3.8, 4) is 0 Å². The molecule has 0 saturated carbocycles. The lowest BCUT2D eigenvalue weighted by atomic mass is 9.73. The van der Waals surface area contributed by atoms with E-state index < -0.39 is 52.8 Å². The minimum absolute atomic E-state index is 0.000499.